The van der Waals surface area contributed by atoms with Crippen LogP contribution in [0, 0.1) is 0 Å². The first-order chi connectivity index (χ1) is 15.5. The third kappa shape index (κ3) is 4.81. The van der Waals surface area contributed by atoms with E-state index in [1.807, 2.05) is 28.5 Å². The van der Waals surface area contributed by atoms with Gasteiger partial charge < -0.3 is 19.6 Å². The molecule has 0 radical (unpaired) electrons. The summed E-state index contributed by atoms with van der Waals surface area (Å²) in [5, 5.41) is 11.5. The number of rotatable bonds is 6. The van der Waals surface area contributed by atoms with E-state index in [0.717, 1.165) is 16.8 Å². The van der Waals surface area contributed by atoms with Crippen LogP contribution in [0.25, 0.3) is 11.1 Å². The molecule has 0 unspecified atom stereocenters. The van der Waals surface area contributed by atoms with Crippen molar-refractivity contribution in [1.29, 1.82) is 0 Å². The van der Waals surface area contributed by atoms with Crippen LogP contribution in [0.1, 0.15) is 20.0 Å². The molecule has 1 N–H and O–H groups in total. The minimum atomic E-state index is -0.372. The lowest BCUT2D eigenvalue weighted by Crippen LogP contribution is -2.48. The van der Waals surface area contributed by atoms with Crippen LogP contribution >= 0.6 is 11.3 Å². The zero-order chi connectivity index (χ0) is 22.5. The average Bonchev–Trinajstić information content (AvgIpc) is 3.33. The molecule has 32 heavy (non-hydrogen) atoms. The lowest BCUT2D eigenvalue weighted by molar-refractivity contribution is 0.0549. The highest BCUT2D eigenvalue weighted by atomic mass is 32.1. The summed E-state index contributed by atoms with van der Waals surface area (Å²) in [7, 11) is 0. The number of anilines is 1. The molecule has 7 nitrogen and oxygen atoms in total. The van der Waals surface area contributed by atoms with Crippen LogP contribution in [-0.4, -0.2) is 59.7 Å². The van der Waals surface area contributed by atoms with Crippen molar-refractivity contribution < 1.29 is 19.4 Å². The summed E-state index contributed by atoms with van der Waals surface area (Å²) in [6.07, 6.45) is 4.58. The highest BCUT2D eigenvalue weighted by molar-refractivity contribution is 7.12. The number of piperazine rings is 1. The molecular weight excluding hydrogens is 426 g/mol. The van der Waals surface area contributed by atoms with Gasteiger partial charge in [-0.3, -0.25) is 9.78 Å². The number of carbonyl (C=O) groups excluding carboxylic acids is 2. The Kier molecular flexibility index (Phi) is 6.51. The molecule has 0 saturated carbocycles. The van der Waals surface area contributed by atoms with Crippen molar-refractivity contribution in [3.63, 3.8) is 0 Å². The summed E-state index contributed by atoms with van der Waals surface area (Å²) < 4.78 is 5.05. The molecule has 0 aliphatic carbocycles. The van der Waals surface area contributed by atoms with Gasteiger partial charge in [0, 0.05) is 43.6 Å². The number of aromatic hydroxyl groups is 1. The zero-order valence-corrected chi connectivity index (χ0v) is 18.3. The number of benzene rings is 1. The molecule has 0 atom stereocenters. The van der Waals surface area contributed by atoms with Crippen LogP contribution in [0.2, 0.25) is 0 Å². The summed E-state index contributed by atoms with van der Waals surface area (Å²) in [4.78, 5) is 33.6. The van der Waals surface area contributed by atoms with Crippen molar-refractivity contribution in [2.45, 2.75) is 0 Å². The van der Waals surface area contributed by atoms with Gasteiger partial charge in [-0.05, 0) is 47.3 Å². The van der Waals surface area contributed by atoms with Crippen LogP contribution < -0.4 is 4.90 Å². The Labute approximate surface area is 190 Å². The van der Waals surface area contributed by atoms with Crippen LogP contribution in [-0.2, 0) is 4.74 Å². The molecule has 1 saturated heterocycles. The van der Waals surface area contributed by atoms with E-state index in [1.54, 1.807) is 24.4 Å². The number of amides is 1. The summed E-state index contributed by atoms with van der Waals surface area (Å²) >= 11 is 1.39. The summed E-state index contributed by atoms with van der Waals surface area (Å²) in [6.45, 7) is 6.37. The smallest absolute Gasteiger partial charge is 0.338 e. The third-order valence-corrected chi connectivity index (χ3v) is 6.15. The minimum absolute atomic E-state index is 0.00863. The van der Waals surface area contributed by atoms with Gasteiger partial charge in [-0.25, -0.2) is 4.79 Å². The fourth-order valence-corrected chi connectivity index (χ4v) is 4.42. The van der Waals surface area contributed by atoms with E-state index in [0.29, 0.717) is 36.6 Å². The number of pyridine rings is 1. The Morgan fingerprint density at radius 1 is 1.09 bits per heavy atom. The Balaban J connectivity index is 1.35. The molecule has 1 aliphatic rings. The van der Waals surface area contributed by atoms with Gasteiger partial charge in [-0.1, -0.05) is 12.7 Å². The topological polar surface area (TPSA) is 83.0 Å². The predicted octanol–water partition coefficient (Wildman–Crippen LogP) is 3.82. The molecule has 3 heterocycles. The first-order valence-corrected chi connectivity index (χ1v) is 11.1. The number of hydrogen-bond donors (Lipinski definition) is 1. The van der Waals surface area contributed by atoms with Gasteiger partial charge in [0.05, 0.1) is 16.6 Å². The van der Waals surface area contributed by atoms with E-state index in [4.69, 9.17) is 4.74 Å². The maximum Gasteiger partial charge on any atom is 0.338 e. The molecular formula is C24H23N3O4S. The maximum absolute atomic E-state index is 13.0. The van der Waals surface area contributed by atoms with Gasteiger partial charge in [0.2, 0.25) is 0 Å². The quantitative estimate of drug-likeness (QED) is 0.455. The SMILES string of the molecule is C=CCOC(=O)c1ccc(N2CCN(C(=O)c3cc(-c4cncc(O)c4)cs3)CC2)cc1. The number of aromatic nitrogens is 1. The molecule has 1 aliphatic heterocycles. The molecule has 1 fully saturated rings. The van der Waals surface area contributed by atoms with Crippen molar-refractivity contribution >= 4 is 28.9 Å². The standard InChI is InChI=1S/C24H23N3O4S/c1-2-11-31-24(30)17-3-5-20(6-4-17)26-7-9-27(10-8-26)23(29)22-13-19(16-32-22)18-12-21(28)15-25-14-18/h2-6,12-16,28H,1,7-11H2. The van der Waals surface area contributed by atoms with Crippen LogP contribution in [0.15, 0.2) is 66.8 Å². The first-order valence-electron chi connectivity index (χ1n) is 10.2. The molecule has 3 aromatic rings. The van der Waals surface area contributed by atoms with Gasteiger partial charge in [0.25, 0.3) is 5.91 Å². The van der Waals surface area contributed by atoms with Crippen molar-refractivity contribution in [2.75, 3.05) is 37.7 Å². The summed E-state index contributed by atoms with van der Waals surface area (Å²) in [5.41, 5.74) is 3.15. The second kappa shape index (κ2) is 9.65. The minimum Gasteiger partial charge on any atom is -0.506 e. The van der Waals surface area contributed by atoms with E-state index in [9.17, 15) is 14.7 Å². The maximum atomic E-state index is 13.0. The van der Waals surface area contributed by atoms with Crippen molar-refractivity contribution in [3.8, 4) is 16.9 Å². The molecule has 0 bridgehead atoms. The number of esters is 1. The monoisotopic (exact) mass is 449 g/mol. The lowest BCUT2D eigenvalue weighted by atomic mass is 10.1. The Morgan fingerprint density at radius 2 is 1.84 bits per heavy atom. The number of hydrogen-bond acceptors (Lipinski definition) is 7. The van der Waals surface area contributed by atoms with Gasteiger partial charge >= 0.3 is 5.97 Å². The predicted molar refractivity (Wildman–Crippen MR) is 124 cm³/mol. The normalized spacial score (nSPS) is 13.6. The van der Waals surface area contributed by atoms with Crippen LogP contribution in [0.5, 0.6) is 5.75 Å². The van der Waals surface area contributed by atoms with Crippen molar-refractivity contribution in [1.82, 2.24) is 9.88 Å². The van der Waals surface area contributed by atoms with Crippen LogP contribution in [0.3, 0.4) is 0 Å². The van der Waals surface area contributed by atoms with E-state index in [1.165, 1.54) is 23.6 Å². The summed E-state index contributed by atoms with van der Waals surface area (Å²) in [6, 6.07) is 10.8. The molecule has 8 heteroatoms. The largest absolute Gasteiger partial charge is 0.506 e. The fraction of sp³-hybridized carbons (Fsp3) is 0.208. The van der Waals surface area contributed by atoms with Gasteiger partial charge in [-0.15, -0.1) is 11.3 Å². The fourth-order valence-electron chi connectivity index (χ4n) is 3.54. The van der Waals surface area contributed by atoms with E-state index in [-0.39, 0.29) is 24.2 Å². The average molecular weight is 450 g/mol. The lowest BCUT2D eigenvalue weighted by Gasteiger charge is -2.36. The molecule has 2 aromatic heterocycles. The molecule has 164 valence electrons. The molecule has 1 aromatic carbocycles. The highest BCUT2D eigenvalue weighted by Gasteiger charge is 2.24. The molecule has 1 amide bonds. The number of thiophene rings is 1. The van der Waals surface area contributed by atoms with E-state index < -0.39 is 0 Å². The van der Waals surface area contributed by atoms with Crippen LogP contribution in [0.4, 0.5) is 5.69 Å². The zero-order valence-electron chi connectivity index (χ0n) is 17.4. The summed E-state index contributed by atoms with van der Waals surface area (Å²) in [5.74, 6) is -0.266. The molecule has 4 rings (SSSR count). The van der Waals surface area contributed by atoms with Gasteiger partial charge in [-0.2, -0.15) is 0 Å². The highest BCUT2D eigenvalue weighted by Crippen LogP contribution is 2.28. The Bertz CT molecular complexity index is 1120. The second-order valence-electron chi connectivity index (χ2n) is 7.34. The second-order valence-corrected chi connectivity index (χ2v) is 8.26. The Hall–Kier alpha value is -3.65. The van der Waals surface area contributed by atoms with E-state index in [2.05, 4.69) is 16.5 Å². The third-order valence-electron chi connectivity index (χ3n) is 5.23. The number of ether oxygens (including phenoxy) is 1. The Morgan fingerprint density at radius 3 is 2.53 bits per heavy atom. The number of carbonyl (C=O) groups is 2. The van der Waals surface area contributed by atoms with Gasteiger partial charge in [0.15, 0.2) is 0 Å². The van der Waals surface area contributed by atoms with Gasteiger partial charge in [0.1, 0.15) is 12.4 Å². The first kappa shape index (κ1) is 21.6. The van der Waals surface area contributed by atoms with Crippen molar-refractivity contribution in [3.05, 3.63) is 77.3 Å². The van der Waals surface area contributed by atoms with Crippen molar-refractivity contribution in [2.24, 2.45) is 0 Å². The van der Waals surface area contributed by atoms with E-state index >= 15 is 0 Å². The number of nitrogens with zero attached hydrogens (tertiary/aromatic N) is 3. The molecule has 0 spiro atoms.